The average Bonchev–Trinajstić information content (AvgIpc) is 2.82. The molecule has 6 heteroatoms. The molecule has 1 saturated heterocycles. The number of carbonyl (C=O) groups is 3. The normalized spacial score (nSPS) is 27.1. The molecular weight excluding hydrogens is 230 g/mol. The Bertz CT molecular complexity index is 501. The molecule has 82 valence electrons. The number of carboxylic acid groups (broad SMARTS) is 1. The van der Waals surface area contributed by atoms with Crippen LogP contribution in [0.2, 0.25) is 0 Å². The number of anilines is 1. The SMILES string of the molecule is O=C(O)c1sccc1N1C(=O)C2CC2C1=O. The molecule has 1 aliphatic heterocycles. The molecule has 1 aromatic rings. The highest BCUT2D eigenvalue weighted by Crippen LogP contribution is 2.49. The summed E-state index contributed by atoms with van der Waals surface area (Å²) in [7, 11) is 0. The molecule has 0 spiro atoms. The smallest absolute Gasteiger partial charge is 0.348 e. The summed E-state index contributed by atoms with van der Waals surface area (Å²) in [4.78, 5) is 35.5. The summed E-state index contributed by atoms with van der Waals surface area (Å²) in [6, 6.07) is 1.51. The molecule has 16 heavy (non-hydrogen) atoms. The zero-order valence-corrected chi connectivity index (χ0v) is 8.86. The Balaban J connectivity index is 2.04. The maximum absolute atomic E-state index is 11.7. The van der Waals surface area contributed by atoms with Gasteiger partial charge in [-0.05, 0) is 17.9 Å². The van der Waals surface area contributed by atoms with Crippen LogP contribution in [-0.2, 0) is 9.59 Å². The topological polar surface area (TPSA) is 74.7 Å². The van der Waals surface area contributed by atoms with Gasteiger partial charge in [0.05, 0.1) is 17.5 Å². The number of rotatable bonds is 2. The summed E-state index contributed by atoms with van der Waals surface area (Å²) in [5.74, 6) is -2.01. The second-order valence-electron chi connectivity index (χ2n) is 3.90. The molecule has 2 heterocycles. The van der Waals surface area contributed by atoms with Gasteiger partial charge in [0.2, 0.25) is 11.8 Å². The lowest BCUT2D eigenvalue weighted by Crippen LogP contribution is -2.33. The summed E-state index contributed by atoms with van der Waals surface area (Å²) in [6.07, 6.45) is 0.626. The lowest BCUT2D eigenvalue weighted by molar-refractivity contribution is -0.123. The van der Waals surface area contributed by atoms with Crippen LogP contribution in [0.25, 0.3) is 0 Å². The number of carbonyl (C=O) groups excluding carboxylic acids is 2. The van der Waals surface area contributed by atoms with Crippen LogP contribution in [0.5, 0.6) is 0 Å². The molecule has 2 amide bonds. The van der Waals surface area contributed by atoms with Crippen molar-refractivity contribution in [3.8, 4) is 0 Å². The minimum Gasteiger partial charge on any atom is -0.477 e. The zero-order chi connectivity index (χ0) is 11.4. The van der Waals surface area contributed by atoms with E-state index in [0.29, 0.717) is 6.42 Å². The molecule has 1 aromatic heterocycles. The quantitative estimate of drug-likeness (QED) is 0.777. The molecule has 0 bridgehead atoms. The minimum absolute atomic E-state index is 0.0444. The van der Waals surface area contributed by atoms with E-state index in [1.54, 1.807) is 5.38 Å². The van der Waals surface area contributed by atoms with Crippen LogP contribution >= 0.6 is 11.3 Å². The highest BCUT2D eigenvalue weighted by molar-refractivity contribution is 7.12. The Kier molecular flexibility index (Phi) is 1.74. The predicted octanol–water partition coefficient (Wildman–Crippen LogP) is 0.956. The Hall–Kier alpha value is -1.69. The summed E-state index contributed by atoms with van der Waals surface area (Å²) < 4.78 is 0. The van der Waals surface area contributed by atoms with Crippen LogP contribution in [0.1, 0.15) is 16.1 Å². The number of fused-ring (bicyclic) bond motifs is 1. The molecule has 0 aromatic carbocycles. The lowest BCUT2D eigenvalue weighted by Gasteiger charge is -2.15. The Morgan fingerprint density at radius 1 is 1.38 bits per heavy atom. The molecule has 1 saturated carbocycles. The zero-order valence-electron chi connectivity index (χ0n) is 8.04. The van der Waals surface area contributed by atoms with Gasteiger partial charge in [0, 0.05) is 0 Å². The van der Waals surface area contributed by atoms with E-state index in [4.69, 9.17) is 5.11 Å². The van der Waals surface area contributed by atoms with Crippen LogP contribution in [0.15, 0.2) is 11.4 Å². The van der Waals surface area contributed by atoms with Gasteiger partial charge in [-0.3, -0.25) is 9.59 Å². The fourth-order valence-electron chi connectivity index (χ4n) is 2.06. The van der Waals surface area contributed by atoms with Gasteiger partial charge in [0.25, 0.3) is 0 Å². The van der Waals surface area contributed by atoms with Crippen LogP contribution in [0, 0.1) is 11.8 Å². The maximum atomic E-state index is 11.7. The van der Waals surface area contributed by atoms with Crippen molar-refractivity contribution >= 4 is 34.8 Å². The summed E-state index contributed by atoms with van der Waals surface area (Å²) >= 11 is 1.02. The molecular formula is C10H7NO4S. The van der Waals surface area contributed by atoms with Crippen LogP contribution < -0.4 is 4.90 Å². The van der Waals surface area contributed by atoms with Gasteiger partial charge < -0.3 is 5.11 Å². The highest BCUT2D eigenvalue weighted by atomic mass is 32.1. The number of hydrogen-bond donors (Lipinski definition) is 1. The van der Waals surface area contributed by atoms with E-state index >= 15 is 0 Å². The van der Waals surface area contributed by atoms with Crippen molar-refractivity contribution in [2.24, 2.45) is 11.8 Å². The first-order chi connectivity index (χ1) is 7.61. The molecule has 0 radical (unpaired) electrons. The van der Waals surface area contributed by atoms with Crippen LogP contribution in [0.4, 0.5) is 5.69 Å². The van der Waals surface area contributed by atoms with Gasteiger partial charge in [-0.2, -0.15) is 0 Å². The van der Waals surface area contributed by atoms with Crippen molar-refractivity contribution < 1.29 is 19.5 Å². The molecule has 2 aliphatic rings. The van der Waals surface area contributed by atoms with E-state index in [9.17, 15) is 14.4 Å². The summed E-state index contributed by atoms with van der Waals surface area (Å²) in [6.45, 7) is 0. The molecule has 5 nitrogen and oxygen atoms in total. The van der Waals surface area contributed by atoms with Gasteiger partial charge in [0.15, 0.2) is 0 Å². The minimum atomic E-state index is -1.11. The van der Waals surface area contributed by atoms with E-state index in [0.717, 1.165) is 16.2 Å². The van der Waals surface area contributed by atoms with E-state index < -0.39 is 5.97 Å². The van der Waals surface area contributed by atoms with Crippen molar-refractivity contribution in [1.82, 2.24) is 0 Å². The lowest BCUT2D eigenvalue weighted by atomic mass is 10.3. The van der Waals surface area contributed by atoms with Crippen LogP contribution in [-0.4, -0.2) is 22.9 Å². The third-order valence-electron chi connectivity index (χ3n) is 2.95. The first kappa shape index (κ1) is 9.53. The fraction of sp³-hybridized carbons (Fsp3) is 0.300. The molecule has 2 fully saturated rings. The van der Waals surface area contributed by atoms with Crippen molar-refractivity contribution in [3.63, 3.8) is 0 Å². The van der Waals surface area contributed by atoms with Crippen molar-refractivity contribution in [2.75, 3.05) is 4.90 Å². The van der Waals surface area contributed by atoms with E-state index in [-0.39, 0.29) is 34.2 Å². The Labute approximate surface area is 94.3 Å². The van der Waals surface area contributed by atoms with Crippen molar-refractivity contribution in [2.45, 2.75) is 6.42 Å². The number of carboxylic acids is 1. The Morgan fingerprint density at radius 3 is 2.56 bits per heavy atom. The molecule has 1 aliphatic carbocycles. The van der Waals surface area contributed by atoms with E-state index in [1.165, 1.54) is 6.07 Å². The molecule has 3 rings (SSSR count). The first-order valence-corrected chi connectivity index (χ1v) is 5.68. The average molecular weight is 237 g/mol. The van der Waals surface area contributed by atoms with Gasteiger partial charge in [0.1, 0.15) is 4.88 Å². The standard InChI is InChI=1S/C10H7NO4S/c12-8-4-3-5(4)9(13)11(8)6-1-2-16-7(6)10(14)15/h1-2,4-5H,3H2,(H,14,15). The van der Waals surface area contributed by atoms with Crippen molar-refractivity contribution in [3.05, 3.63) is 16.3 Å². The second-order valence-corrected chi connectivity index (χ2v) is 4.82. The van der Waals surface area contributed by atoms with E-state index in [2.05, 4.69) is 0 Å². The van der Waals surface area contributed by atoms with Crippen LogP contribution in [0.3, 0.4) is 0 Å². The van der Waals surface area contributed by atoms with Gasteiger partial charge in [-0.15, -0.1) is 11.3 Å². The number of imide groups is 1. The number of piperidine rings is 1. The summed E-state index contributed by atoms with van der Waals surface area (Å²) in [5, 5.41) is 10.5. The predicted molar refractivity (Wildman–Crippen MR) is 55.4 cm³/mol. The molecule has 2 unspecified atom stereocenters. The highest BCUT2D eigenvalue weighted by Gasteiger charge is 2.59. The molecule has 2 atom stereocenters. The van der Waals surface area contributed by atoms with Crippen molar-refractivity contribution in [1.29, 1.82) is 0 Å². The van der Waals surface area contributed by atoms with Gasteiger partial charge >= 0.3 is 5.97 Å². The third kappa shape index (κ3) is 1.07. The maximum Gasteiger partial charge on any atom is 0.348 e. The number of thiophene rings is 1. The molecule has 1 N–H and O–H groups in total. The Morgan fingerprint density at radius 2 is 2.00 bits per heavy atom. The number of nitrogens with zero attached hydrogens (tertiary/aromatic N) is 1. The van der Waals surface area contributed by atoms with Gasteiger partial charge in [-0.1, -0.05) is 0 Å². The fourth-order valence-corrected chi connectivity index (χ4v) is 2.77. The monoisotopic (exact) mass is 237 g/mol. The van der Waals surface area contributed by atoms with E-state index in [1.807, 2.05) is 0 Å². The summed E-state index contributed by atoms with van der Waals surface area (Å²) in [5.41, 5.74) is 0.222. The number of aromatic carboxylic acids is 1. The van der Waals surface area contributed by atoms with Gasteiger partial charge in [-0.25, -0.2) is 9.69 Å². The largest absolute Gasteiger partial charge is 0.477 e. The third-order valence-corrected chi connectivity index (χ3v) is 3.84. The number of amides is 2. The first-order valence-electron chi connectivity index (χ1n) is 4.80. The number of hydrogen-bond acceptors (Lipinski definition) is 4. The second kappa shape index (κ2) is 2.91.